The first kappa shape index (κ1) is 18.0. The van der Waals surface area contributed by atoms with E-state index in [0.717, 1.165) is 5.56 Å². The van der Waals surface area contributed by atoms with Gasteiger partial charge in [0, 0.05) is 25.8 Å². The van der Waals surface area contributed by atoms with Crippen molar-refractivity contribution in [2.45, 2.75) is 26.1 Å². The van der Waals surface area contributed by atoms with Gasteiger partial charge in [0.1, 0.15) is 23.1 Å². The molecule has 2 heterocycles. The predicted molar refractivity (Wildman–Crippen MR) is 89.7 cm³/mol. The summed E-state index contributed by atoms with van der Waals surface area (Å²) < 4.78 is 5.58. The number of aromatic nitrogens is 1. The Kier molecular flexibility index (Phi) is 6.35. The number of rotatable bonds is 7. The van der Waals surface area contributed by atoms with Crippen molar-refractivity contribution in [3.63, 3.8) is 0 Å². The fourth-order valence-electron chi connectivity index (χ4n) is 2.52. The molecule has 128 valence electrons. The fraction of sp³-hybridized carbons (Fsp3) is 0.467. The Hall–Kier alpha value is -2.37. The van der Waals surface area contributed by atoms with Crippen molar-refractivity contribution in [1.82, 2.24) is 14.8 Å². The molecule has 0 saturated carbocycles. The molecule has 1 unspecified atom stereocenters. The van der Waals surface area contributed by atoms with Gasteiger partial charge in [-0.1, -0.05) is 30.5 Å². The van der Waals surface area contributed by atoms with Crippen molar-refractivity contribution < 1.29 is 9.77 Å². The van der Waals surface area contributed by atoms with Crippen LogP contribution in [-0.4, -0.2) is 51.7 Å². The molecule has 1 fully saturated rings. The van der Waals surface area contributed by atoms with Gasteiger partial charge in [-0.25, -0.2) is 15.1 Å². The minimum absolute atomic E-state index is 0.141. The predicted octanol–water partition coefficient (Wildman–Crippen LogP) is 1.79. The van der Waals surface area contributed by atoms with E-state index in [1.165, 1.54) is 0 Å². The highest BCUT2D eigenvalue weighted by atomic mass is 35.5. The van der Waals surface area contributed by atoms with Gasteiger partial charge >= 0.3 is 0 Å². The Labute approximate surface area is 145 Å². The van der Waals surface area contributed by atoms with Crippen molar-refractivity contribution in [1.29, 1.82) is 0 Å². The summed E-state index contributed by atoms with van der Waals surface area (Å²) in [4.78, 5) is 18.5. The summed E-state index contributed by atoms with van der Waals surface area (Å²) in [6, 6.07) is 3.51. The average molecular weight is 352 g/mol. The van der Waals surface area contributed by atoms with Gasteiger partial charge in [-0.2, -0.15) is 0 Å². The number of nitro groups is 1. The second kappa shape index (κ2) is 8.47. The Balaban J connectivity index is 2.18. The maximum atomic E-state index is 10.9. The Bertz CT molecular complexity index is 644. The van der Waals surface area contributed by atoms with Crippen molar-refractivity contribution in [2.75, 3.05) is 19.7 Å². The third-order valence-corrected chi connectivity index (χ3v) is 3.76. The molecular formula is C15H18ClN5O3. The normalized spacial score (nSPS) is 17.1. The molecule has 1 aliphatic heterocycles. The van der Waals surface area contributed by atoms with Crippen molar-refractivity contribution in [3.05, 3.63) is 39.2 Å². The summed E-state index contributed by atoms with van der Waals surface area (Å²) in [6.45, 7) is 3.67. The Morgan fingerprint density at radius 3 is 2.96 bits per heavy atom. The number of guanidine groups is 1. The van der Waals surface area contributed by atoms with E-state index in [2.05, 4.69) is 16.0 Å². The maximum Gasteiger partial charge on any atom is 0.276 e. The molecule has 1 atom stereocenters. The lowest BCUT2D eigenvalue weighted by Gasteiger charge is -2.27. The van der Waals surface area contributed by atoms with Crippen LogP contribution in [0.15, 0.2) is 23.4 Å². The average Bonchev–Trinajstić information content (AvgIpc) is 2.93. The van der Waals surface area contributed by atoms with E-state index in [1.54, 1.807) is 17.2 Å². The number of hydrogen-bond donors (Lipinski definition) is 0. The van der Waals surface area contributed by atoms with E-state index >= 15 is 0 Å². The van der Waals surface area contributed by atoms with Crippen LogP contribution in [0, 0.1) is 22.5 Å². The number of pyridine rings is 1. The van der Waals surface area contributed by atoms with Gasteiger partial charge in [-0.15, -0.1) is 6.42 Å². The molecule has 0 radical (unpaired) electrons. The van der Waals surface area contributed by atoms with Gasteiger partial charge in [-0.3, -0.25) is 0 Å². The standard InChI is InChI=1S/C15H18ClN5O3/c1-3-9-24-14(4-2)20-8-7-19(15(20)18-21(22)23)11-12-5-6-13(16)17-10-12/h1,5-6,10,14H,4,7-9,11H2,2H3. The fourth-order valence-corrected chi connectivity index (χ4v) is 2.63. The highest BCUT2D eigenvalue weighted by Crippen LogP contribution is 2.19. The first-order valence-corrected chi connectivity index (χ1v) is 7.83. The summed E-state index contributed by atoms with van der Waals surface area (Å²) >= 11 is 5.78. The van der Waals surface area contributed by atoms with Crippen LogP contribution >= 0.6 is 11.6 Å². The maximum absolute atomic E-state index is 10.9. The zero-order chi connectivity index (χ0) is 17.5. The van der Waals surface area contributed by atoms with Crippen molar-refractivity contribution in [2.24, 2.45) is 5.10 Å². The molecule has 0 amide bonds. The van der Waals surface area contributed by atoms with Crippen LogP contribution in [0.4, 0.5) is 0 Å². The summed E-state index contributed by atoms with van der Waals surface area (Å²) in [5, 5.41) is 14.2. The van der Waals surface area contributed by atoms with Crippen LogP contribution in [-0.2, 0) is 11.3 Å². The third kappa shape index (κ3) is 4.57. The van der Waals surface area contributed by atoms with E-state index in [9.17, 15) is 10.1 Å². The van der Waals surface area contributed by atoms with E-state index in [1.807, 2.05) is 17.9 Å². The highest BCUT2D eigenvalue weighted by molar-refractivity contribution is 6.29. The van der Waals surface area contributed by atoms with Gasteiger partial charge in [0.25, 0.3) is 5.96 Å². The molecule has 0 bridgehead atoms. The molecule has 0 N–H and O–H groups in total. The molecule has 0 aliphatic carbocycles. The van der Waals surface area contributed by atoms with E-state index in [0.29, 0.717) is 31.2 Å². The summed E-state index contributed by atoms with van der Waals surface area (Å²) in [7, 11) is 0. The first-order chi connectivity index (χ1) is 11.5. The van der Waals surface area contributed by atoms with Gasteiger partial charge < -0.3 is 14.5 Å². The zero-order valence-electron chi connectivity index (χ0n) is 13.3. The van der Waals surface area contributed by atoms with Gasteiger partial charge in [0.05, 0.1) is 0 Å². The van der Waals surface area contributed by atoms with Gasteiger partial charge in [0.2, 0.25) is 0 Å². The van der Waals surface area contributed by atoms with Crippen molar-refractivity contribution >= 4 is 17.6 Å². The highest BCUT2D eigenvalue weighted by Gasteiger charge is 2.34. The molecule has 1 aliphatic rings. The molecule has 1 aromatic rings. The number of ether oxygens (including phenoxy) is 1. The molecular weight excluding hydrogens is 334 g/mol. The van der Waals surface area contributed by atoms with Crippen LogP contribution in [0.3, 0.4) is 0 Å². The second-order valence-corrected chi connectivity index (χ2v) is 5.51. The van der Waals surface area contributed by atoms with Crippen LogP contribution in [0.1, 0.15) is 18.9 Å². The Morgan fingerprint density at radius 1 is 1.58 bits per heavy atom. The summed E-state index contributed by atoms with van der Waals surface area (Å²) in [6.07, 6.45) is 7.15. The van der Waals surface area contributed by atoms with E-state index in [-0.39, 0.29) is 18.8 Å². The van der Waals surface area contributed by atoms with Crippen LogP contribution in [0.25, 0.3) is 0 Å². The number of terminal acetylenes is 1. The van der Waals surface area contributed by atoms with E-state index in [4.69, 9.17) is 22.8 Å². The third-order valence-electron chi connectivity index (χ3n) is 3.54. The van der Waals surface area contributed by atoms with Gasteiger partial charge in [0.15, 0.2) is 5.03 Å². The van der Waals surface area contributed by atoms with Crippen LogP contribution in [0.2, 0.25) is 5.15 Å². The molecule has 0 spiro atoms. The second-order valence-electron chi connectivity index (χ2n) is 5.12. The molecule has 2 rings (SSSR count). The molecule has 1 aromatic heterocycles. The number of nitrogens with zero attached hydrogens (tertiary/aromatic N) is 5. The number of hydrazone groups is 1. The quantitative estimate of drug-likeness (QED) is 0.322. The lowest BCUT2D eigenvalue weighted by molar-refractivity contribution is -0.486. The molecule has 24 heavy (non-hydrogen) atoms. The monoisotopic (exact) mass is 351 g/mol. The van der Waals surface area contributed by atoms with E-state index < -0.39 is 5.03 Å². The van der Waals surface area contributed by atoms with Crippen LogP contribution in [0.5, 0.6) is 0 Å². The first-order valence-electron chi connectivity index (χ1n) is 7.45. The minimum atomic E-state index is -0.700. The lowest BCUT2D eigenvalue weighted by Crippen LogP contribution is -2.42. The minimum Gasteiger partial charge on any atom is -0.346 e. The molecule has 1 saturated heterocycles. The lowest BCUT2D eigenvalue weighted by atomic mass is 10.3. The molecule has 0 aromatic carbocycles. The number of hydrogen-bond acceptors (Lipinski definition) is 4. The van der Waals surface area contributed by atoms with Crippen molar-refractivity contribution in [3.8, 4) is 12.3 Å². The smallest absolute Gasteiger partial charge is 0.276 e. The SMILES string of the molecule is C#CCOC(CC)N1CCN(Cc2ccc(Cl)nc2)C1=N[N+](=O)[O-]. The Morgan fingerprint density at radius 2 is 2.38 bits per heavy atom. The summed E-state index contributed by atoms with van der Waals surface area (Å²) in [5.41, 5.74) is 0.884. The largest absolute Gasteiger partial charge is 0.346 e. The molecule has 8 nitrogen and oxygen atoms in total. The molecule has 9 heteroatoms. The van der Waals surface area contributed by atoms with Gasteiger partial charge in [-0.05, 0) is 18.1 Å². The zero-order valence-corrected chi connectivity index (χ0v) is 14.0. The number of halogens is 1. The topological polar surface area (TPSA) is 84.1 Å². The van der Waals surface area contributed by atoms with Crippen LogP contribution < -0.4 is 0 Å². The summed E-state index contributed by atoms with van der Waals surface area (Å²) in [5.74, 6) is 2.67.